The fourth-order valence-corrected chi connectivity index (χ4v) is 3.27. The number of thiophene rings is 1. The Morgan fingerprint density at radius 1 is 1.40 bits per heavy atom. The van der Waals surface area contributed by atoms with E-state index < -0.39 is 5.82 Å². The van der Waals surface area contributed by atoms with Crippen LogP contribution in [0.4, 0.5) is 4.39 Å². The molecule has 1 N–H and O–H groups in total. The minimum absolute atomic E-state index is 0.0352. The Hall–Kier alpha value is -1.04. The van der Waals surface area contributed by atoms with E-state index >= 15 is 0 Å². The summed E-state index contributed by atoms with van der Waals surface area (Å²) in [5.41, 5.74) is 0. The number of carbonyl (C=O) groups excluding carboxylic acids is 1. The second-order valence-corrected chi connectivity index (χ2v) is 6.53. The summed E-state index contributed by atoms with van der Waals surface area (Å²) < 4.78 is 13.0. The van der Waals surface area contributed by atoms with Gasteiger partial charge in [0.2, 0.25) is 5.91 Å². The van der Waals surface area contributed by atoms with Gasteiger partial charge in [-0.1, -0.05) is 17.7 Å². The van der Waals surface area contributed by atoms with Gasteiger partial charge in [0.1, 0.15) is 5.82 Å². The molecule has 0 bridgehead atoms. The van der Waals surface area contributed by atoms with Crippen LogP contribution in [0.2, 0.25) is 5.02 Å². The summed E-state index contributed by atoms with van der Waals surface area (Å²) in [6.45, 7) is 0.629. The predicted octanol–water partition coefficient (Wildman–Crippen LogP) is 3.99. The molecule has 2 nitrogen and oxygen atoms in total. The first-order valence-corrected chi connectivity index (χ1v) is 8.26. The van der Waals surface area contributed by atoms with Crippen LogP contribution in [0.3, 0.4) is 0 Å². The highest BCUT2D eigenvalue weighted by Gasteiger charge is 2.05. The molecule has 0 unspecified atom stereocenters. The minimum Gasteiger partial charge on any atom is -0.355 e. The SMILES string of the molecule is O=C(CSc1ccc(F)c(Cl)c1)NCCc1cccs1. The van der Waals surface area contributed by atoms with Crippen molar-refractivity contribution in [2.45, 2.75) is 11.3 Å². The van der Waals surface area contributed by atoms with Gasteiger partial charge >= 0.3 is 0 Å². The maximum atomic E-state index is 13.0. The number of hydrogen-bond donors (Lipinski definition) is 1. The smallest absolute Gasteiger partial charge is 0.230 e. The van der Waals surface area contributed by atoms with E-state index in [0.717, 1.165) is 11.3 Å². The molecular weight excluding hydrogens is 317 g/mol. The molecule has 0 radical (unpaired) electrons. The maximum absolute atomic E-state index is 13.0. The van der Waals surface area contributed by atoms with Gasteiger partial charge < -0.3 is 5.32 Å². The molecule has 1 heterocycles. The van der Waals surface area contributed by atoms with Crippen molar-refractivity contribution in [2.24, 2.45) is 0 Å². The van der Waals surface area contributed by atoms with Crippen molar-refractivity contribution in [1.82, 2.24) is 5.32 Å². The fourth-order valence-electron chi connectivity index (χ4n) is 1.55. The first-order chi connectivity index (χ1) is 9.65. The average Bonchev–Trinajstić information content (AvgIpc) is 2.93. The summed E-state index contributed by atoms with van der Waals surface area (Å²) in [5.74, 6) is -0.185. The maximum Gasteiger partial charge on any atom is 0.230 e. The van der Waals surface area contributed by atoms with E-state index in [1.54, 1.807) is 17.4 Å². The van der Waals surface area contributed by atoms with Gasteiger partial charge in [-0.25, -0.2) is 4.39 Å². The zero-order valence-electron chi connectivity index (χ0n) is 10.6. The Balaban J connectivity index is 1.70. The molecular formula is C14H13ClFNOS2. The average molecular weight is 330 g/mol. The lowest BCUT2D eigenvalue weighted by molar-refractivity contribution is -0.118. The van der Waals surface area contributed by atoms with Gasteiger partial charge in [0.25, 0.3) is 0 Å². The first-order valence-electron chi connectivity index (χ1n) is 6.02. The summed E-state index contributed by atoms with van der Waals surface area (Å²) in [6, 6.07) is 8.49. The highest BCUT2D eigenvalue weighted by Crippen LogP contribution is 2.23. The standard InChI is InChI=1S/C14H13ClFNOS2/c15-12-8-11(3-4-13(12)16)20-9-14(18)17-6-5-10-2-1-7-19-10/h1-4,7-8H,5-6,9H2,(H,17,18). The van der Waals surface area contributed by atoms with Crippen LogP contribution in [-0.4, -0.2) is 18.2 Å². The Labute approximate surface area is 130 Å². The molecule has 0 atom stereocenters. The van der Waals surface area contributed by atoms with Crippen LogP contribution < -0.4 is 5.32 Å². The molecule has 0 aliphatic rings. The van der Waals surface area contributed by atoms with Gasteiger partial charge in [-0.05, 0) is 36.1 Å². The van der Waals surface area contributed by atoms with Gasteiger partial charge in [0, 0.05) is 16.3 Å². The molecule has 0 spiro atoms. The van der Waals surface area contributed by atoms with E-state index in [2.05, 4.69) is 5.32 Å². The quantitative estimate of drug-likeness (QED) is 0.812. The van der Waals surface area contributed by atoms with Crippen LogP contribution in [0.1, 0.15) is 4.88 Å². The van der Waals surface area contributed by atoms with Crippen molar-refractivity contribution in [3.05, 3.63) is 51.4 Å². The summed E-state index contributed by atoms with van der Waals surface area (Å²) >= 11 is 8.70. The first kappa shape index (κ1) is 15.4. The number of amides is 1. The molecule has 1 amide bonds. The van der Waals surface area contributed by atoms with Crippen LogP contribution in [0.25, 0.3) is 0 Å². The normalized spacial score (nSPS) is 10.5. The summed E-state index contributed by atoms with van der Waals surface area (Å²) in [5, 5.41) is 4.95. The van der Waals surface area contributed by atoms with Crippen molar-refractivity contribution in [2.75, 3.05) is 12.3 Å². The number of carbonyl (C=O) groups is 1. The van der Waals surface area contributed by atoms with Crippen molar-refractivity contribution in [3.8, 4) is 0 Å². The third kappa shape index (κ3) is 4.81. The number of hydrogen-bond acceptors (Lipinski definition) is 3. The van der Waals surface area contributed by atoms with Gasteiger partial charge in [-0.2, -0.15) is 0 Å². The molecule has 20 heavy (non-hydrogen) atoms. The largest absolute Gasteiger partial charge is 0.355 e. The second-order valence-electron chi connectivity index (χ2n) is 4.04. The predicted molar refractivity (Wildman–Crippen MR) is 83.2 cm³/mol. The molecule has 0 fully saturated rings. The summed E-state index contributed by atoms with van der Waals surface area (Å²) in [6.07, 6.45) is 0.844. The number of benzene rings is 1. The van der Waals surface area contributed by atoms with E-state index in [4.69, 9.17) is 11.6 Å². The third-order valence-corrected chi connectivity index (χ3v) is 4.75. The van der Waals surface area contributed by atoms with Crippen LogP contribution in [0.15, 0.2) is 40.6 Å². The lowest BCUT2D eigenvalue weighted by Gasteiger charge is -2.05. The summed E-state index contributed by atoms with van der Waals surface area (Å²) in [4.78, 5) is 13.7. The molecule has 0 saturated carbocycles. The molecule has 0 aliphatic carbocycles. The third-order valence-electron chi connectivity index (χ3n) is 2.53. The number of rotatable bonds is 6. The molecule has 2 aromatic rings. The summed E-state index contributed by atoms with van der Waals surface area (Å²) in [7, 11) is 0. The minimum atomic E-state index is -0.448. The fraction of sp³-hybridized carbons (Fsp3) is 0.214. The number of nitrogens with one attached hydrogen (secondary N) is 1. The van der Waals surface area contributed by atoms with Crippen LogP contribution in [0, 0.1) is 5.82 Å². The van der Waals surface area contributed by atoms with Gasteiger partial charge in [0.15, 0.2) is 0 Å². The molecule has 0 aliphatic heterocycles. The van der Waals surface area contributed by atoms with Gasteiger partial charge in [-0.3, -0.25) is 4.79 Å². The van der Waals surface area contributed by atoms with E-state index in [-0.39, 0.29) is 10.9 Å². The molecule has 6 heteroatoms. The molecule has 1 aromatic heterocycles. The number of halogens is 2. The number of thioether (sulfide) groups is 1. The lowest BCUT2D eigenvalue weighted by atomic mass is 10.3. The van der Waals surface area contributed by atoms with Crippen LogP contribution in [0.5, 0.6) is 0 Å². The van der Waals surface area contributed by atoms with E-state index in [0.29, 0.717) is 12.3 Å². The molecule has 2 rings (SSSR count). The Kier molecular flexibility index (Phi) is 5.88. The van der Waals surface area contributed by atoms with E-state index in [1.807, 2.05) is 17.5 Å². The van der Waals surface area contributed by atoms with Gasteiger partial charge in [-0.15, -0.1) is 23.1 Å². The van der Waals surface area contributed by atoms with Gasteiger partial charge in [0.05, 0.1) is 10.8 Å². The Bertz CT molecular complexity index is 575. The monoisotopic (exact) mass is 329 g/mol. The molecule has 1 aromatic carbocycles. The van der Waals surface area contributed by atoms with Crippen molar-refractivity contribution < 1.29 is 9.18 Å². The highest BCUT2D eigenvalue weighted by molar-refractivity contribution is 8.00. The van der Waals surface area contributed by atoms with Crippen molar-refractivity contribution in [3.63, 3.8) is 0 Å². The lowest BCUT2D eigenvalue weighted by Crippen LogP contribution is -2.27. The zero-order chi connectivity index (χ0) is 14.4. The van der Waals surface area contributed by atoms with Crippen molar-refractivity contribution >= 4 is 40.6 Å². The topological polar surface area (TPSA) is 29.1 Å². The Morgan fingerprint density at radius 3 is 2.95 bits per heavy atom. The highest BCUT2D eigenvalue weighted by atomic mass is 35.5. The zero-order valence-corrected chi connectivity index (χ0v) is 13.0. The second kappa shape index (κ2) is 7.67. The van der Waals surface area contributed by atoms with Crippen LogP contribution in [-0.2, 0) is 11.2 Å². The van der Waals surface area contributed by atoms with E-state index in [9.17, 15) is 9.18 Å². The molecule has 0 saturated heterocycles. The van der Waals surface area contributed by atoms with Crippen molar-refractivity contribution in [1.29, 1.82) is 0 Å². The molecule has 106 valence electrons. The van der Waals surface area contributed by atoms with Crippen LogP contribution >= 0.6 is 34.7 Å². The van der Waals surface area contributed by atoms with E-state index in [1.165, 1.54) is 28.8 Å². The Morgan fingerprint density at radius 2 is 2.25 bits per heavy atom.